The molecule has 11 N–H and O–H groups in total. The summed E-state index contributed by atoms with van der Waals surface area (Å²) in [6.07, 6.45) is -1.18. The van der Waals surface area contributed by atoms with E-state index < -0.39 is 79.1 Å². The second kappa shape index (κ2) is 12.5. The molecule has 29 heavy (non-hydrogen) atoms. The van der Waals surface area contributed by atoms with E-state index in [9.17, 15) is 33.9 Å². The minimum absolute atomic E-state index is 0.284. The lowest BCUT2D eigenvalue weighted by atomic mass is 10.1. The second-order valence-electron chi connectivity index (χ2n) is 5.83. The zero-order chi connectivity index (χ0) is 22.7. The number of aliphatic hydroxyl groups is 1. The molecule has 4 atom stereocenters. The van der Waals surface area contributed by atoms with Gasteiger partial charge < -0.3 is 43.4 Å². The molecule has 5 amide bonds. The summed E-state index contributed by atoms with van der Waals surface area (Å²) in [7, 11) is 0. The molecule has 0 radical (unpaired) electrons. The number of hydrogen-bond donors (Lipinski definition) is 9. The van der Waals surface area contributed by atoms with Crippen molar-refractivity contribution in [1.29, 1.82) is 0 Å². The number of thiol groups is 1. The van der Waals surface area contributed by atoms with Crippen LogP contribution in [0.2, 0.25) is 0 Å². The number of hydrogen-bond acceptors (Lipinski definition) is 9. The minimum Gasteiger partial charge on any atom is -0.480 e. The van der Waals surface area contributed by atoms with Crippen molar-refractivity contribution in [1.82, 2.24) is 16.0 Å². The van der Waals surface area contributed by atoms with Crippen molar-refractivity contribution in [3.8, 4) is 0 Å². The largest absolute Gasteiger partial charge is 0.480 e. The van der Waals surface area contributed by atoms with Crippen LogP contribution in [0.3, 0.4) is 0 Å². The van der Waals surface area contributed by atoms with Gasteiger partial charge in [0.05, 0.1) is 25.5 Å². The van der Waals surface area contributed by atoms with Crippen LogP contribution in [0.1, 0.15) is 12.8 Å². The average molecular weight is 436 g/mol. The van der Waals surface area contributed by atoms with E-state index in [4.69, 9.17) is 22.3 Å². The molecular formula is C14H24N6O8S. The Morgan fingerprint density at radius 1 is 0.793 bits per heavy atom. The van der Waals surface area contributed by atoms with Crippen molar-refractivity contribution >= 4 is 48.1 Å². The molecule has 0 aromatic rings. The van der Waals surface area contributed by atoms with Gasteiger partial charge in [-0.05, 0) is 0 Å². The van der Waals surface area contributed by atoms with Crippen molar-refractivity contribution in [3.63, 3.8) is 0 Å². The molecule has 164 valence electrons. The zero-order valence-electron chi connectivity index (χ0n) is 15.2. The Kier molecular flexibility index (Phi) is 11.3. The number of amides is 5. The molecule has 0 rings (SSSR count). The van der Waals surface area contributed by atoms with Gasteiger partial charge in [-0.15, -0.1) is 0 Å². The predicted octanol–water partition coefficient (Wildman–Crippen LogP) is -5.47. The Morgan fingerprint density at radius 2 is 1.24 bits per heavy atom. The van der Waals surface area contributed by atoms with Crippen molar-refractivity contribution in [2.75, 3.05) is 12.4 Å². The number of carbonyl (C=O) groups is 6. The first kappa shape index (κ1) is 26.1. The van der Waals surface area contributed by atoms with Crippen molar-refractivity contribution in [2.45, 2.75) is 37.0 Å². The molecule has 0 spiro atoms. The first-order chi connectivity index (χ1) is 13.4. The predicted molar refractivity (Wildman–Crippen MR) is 100.0 cm³/mol. The minimum atomic E-state index is -1.63. The summed E-state index contributed by atoms with van der Waals surface area (Å²) in [6.45, 7) is -0.874. The van der Waals surface area contributed by atoms with Crippen LogP contribution in [0.4, 0.5) is 0 Å². The molecule has 0 bridgehead atoms. The van der Waals surface area contributed by atoms with Crippen LogP contribution in [0.15, 0.2) is 0 Å². The molecule has 0 heterocycles. The van der Waals surface area contributed by atoms with Gasteiger partial charge in [-0.2, -0.15) is 12.6 Å². The molecule has 15 heteroatoms. The number of carboxylic acids is 1. The second-order valence-corrected chi connectivity index (χ2v) is 6.20. The fourth-order valence-electron chi connectivity index (χ4n) is 1.92. The Hall–Kier alpha value is -2.91. The van der Waals surface area contributed by atoms with E-state index in [1.165, 1.54) is 0 Å². The van der Waals surface area contributed by atoms with Gasteiger partial charge in [0, 0.05) is 5.75 Å². The third kappa shape index (κ3) is 9.72. The first-order valence-corrected chi connectivity index (χ1v) is 8.73. The van der Waals surface area contributed by atoms with Crippen LogP contribution in [0, 0.1) is 0 Å². The lowest BCUT2D eigenvalue weighted by molar-refractivity contribution is -0.143. The van der Waals surface area contributed by atoms with Gasteiger partial charge in [0.1, 0.15) is 18.1 Å². The van der Waals surface area contributed by atoms with E-state index in [-0.39, 0.29) is 5.75 Å². The molecule has 0 aliphatic carbocycles. The summed E-state index contributed by atoms with van der Waals surface area (Å²) in [4.78, 5) is 68.9. The Bertz CT molecular complexity index is 660. The summed E-state index contributed by atoms with van der Waals surface area (Å²) in [5, 5.41) is 24.5. The van der Waals surface area contributed by atoms with Gasteiger partial charge >= 0.3 is 5.97 Å². The summed E-state index contributed by atoms with van der Waals surface area (Å²) in [5.74, 6) is -6.58. The lowest BCUT2D eigenvalue weighted by Gasteiger charge is -2.23. The summed E-state index contributed by atoms with van der Waals surface area (Å²) in [6, 6.07) is -5.88. The molecule has 0 saturated carbocycles. The van der Waals surface area contributed by atoms with Gasteiger partial charge in [-0.1, -0.05) is 0 Å². The number of carbonyl (C=O) groups excluding carboxylic acids is 5. The number of aliphatic carboxylic acids is 1. The average Bonchev–Trinajstić information content (AvgIpc) is 2.61. The van der Waals surface area contributed by atoms with Gasteiger partial charge in [0.2, 0.25) is 29.5 Å². The molecule has 0 fully saturated rings. The third-order valence-electron chi connectivity index (χ3n) is 3.41. The van der Waals surface area contributed by atoms with E-state index in [1.54, 1.807) is 0 Å². The van der Waals surface area contributed by atoms with E-state index in [0.717, 1.165) is 0 Å². The summed E-state index contributed by atoms with van der Waals surface area (Å²) < 4.78 is 0. The molecule has 0 aliphatic heterocycles. The topological polar surface area (TPSA) is 257 Å². The fourth-order valence-corrected chi connectivity index (χ4v) is 2.18. The Balaban J connectivity index is 5.02. The van der Waals surface area contributed by atoms with Crippen LogP contribution in [-0.4, -0.2) is 82.2 Å². The molecular weight excluding hydrogens is 412 g/mol. The summed E-state index contributed by atoms with van der Waals surface area (Å²) in [5.41, 5.74) is 15.2. The lowest BCUT2D eigenvalue weighted by Crippen LogP contribution is -2.58. The van der Waals surface area contributed by atoms with Crippen LogP contribution < -0.4 is 33.2 Å². The van der Waals surface area contributed by atoms with Crippen molar-refractivity contribution < 1.29 is 39.0 Å². The molecule has 0 aromatic carbocycles. The quantitative estimate of drug-likeness (QED) is 0.125. The molecule has 0 aromatic heterocycles. The van der Waals surface area contributed by atoms with Crippen molar-refractivity contribution in [2.24, 2.45) is 17.2 Å². The van der Waals surface area contributed by atoms with E-state index in [1.807, 2.05) is 5.32 Å². The Morgan fingerprint density at radius 3 is 1.66 bits per heavy atom. The van der Waals surface area contributed by atoms with Crippen LogP contribution in [0.25, 0.3) is 0 Å². The highest BCUT2D eigenvalue weighted by Gasteiger charge is 2.30. The van der Waals surface area contributed by atoms with Crippen LogP contribution in [0.5, 0.6) is 0 Å². The number of aliphatic hydroxyl groups excluding tert-OH is 1. The van der Waals surface area contributed by atoms with Gasteiger partial charge in [0.15, 0.2) is 0 Å². The first-order valence-electron chi connectivity index (χ1n) is 8.10. The fraction of sp³-hybridized carbons (Fsp3) is 0.571. The molecule has 0 saturated heterocycles. The van der Waals surface area contributed by atoms with Gasteiger partial charge in [-0.3, -0.25) is 24.0 Å². The molecule has 14 nitrogen and oxygen atoms in total. The van der Waals surface area contributed by atoms with E-state index in [0.29, 0.717) is 0 Å². The third-order valence-corrected chi connectivity index (χ3v) is 3.77. The summed E-state index contributed by atoms with van der Waals surface area (Å²) >= 11 is 3.88. The van der Waals surface area contributed by atoms with Gasteiger partial charge in [0.25, 0.3) is 0 Å². The number of nitrogens with one attached hydrogen (secondary N) is 3. The monoisotopic (exact) mass is 436 g/mol. The highest BCUT2D eigenvalue weighted by atomic mass is 32.1. The number of primary amides is 2. The number of nitrogens with two attached hydrogens (primary N) is 3. The SMILES string of the molecule is NC(=O)CC(N)C(=O)NC(CO)C(=O)NC(CS)C(=O)NC(CC(N)=O)C(=O)O. The maximum absolute atomic E-state index is 12.2. The van der Waals surface area contributed by atoms with Gasteiger partial charge in [-0.25, -0.2) is 4.79 Å². The molecule has 4 unspecified atom stereocenters. The smallest absolute Gasteiger partial charge is 0.326 e. The number of rotatable bonds is 13. The maximum Gasteiger partial charge on any atom is 0.326 e. The Labute approximate surface area is 170 Å². The van der Waals surface area contributed by atoms with Crippen LogP contribution >= 0.6 is 12.6 Å². The van der Waals surface area contributed by atoms with Crippen molar-refractivity contribution in [3.05, 3.63) is 0 Å². The molecule has 0 aliphatic rings. The maximum atomic E-state index is 12.2. The van der Waals surface area contributed by atoms with E-state index in [2.05, 4.69) is 23.3 Å². The highest BCUT2D eigenvalue weighted by molar-refractivity contribution is 7.80. The zero-order valence-corrected chi connectivity index (χ0v) is 16.1. The number of carboxylic acid groups (broad SMARTS) is 1. The normalized spacial score (nSPS) is 14.6. The van der Waals surface area contributed by atoms with Crippen LogP contribution in [-0.2, 0) is 28.8 Å². The standard InChI is InChI=1S/C14H24N6O8S/c15-5(1-9(16)22)11(24)19-7(3-21)12(25)20-8(4-29)13(26)18-6(14(27)28)2-10(17)23/h5-8,21,29H,1-4,15H2,(H2,16,22)(H2,17,23)(H,18,26)(H,19,24)(H,20,25)(H,27,28). The van der Waals surface area contributed by atoms with E-state index >= 15 is 0 Å². The highest BCUT2D eigenvalue weighted by Crippen LogP contribution is 1.98.